The second kappa shape index (κ2) is 12.0. The van der Waals surface area contributed by atoms with Crippen LogP contribution < -0.4 is 5.32 Å². The molecular formula is C30H42N6O7. The lowest BCUT2D eigenvalue weighted by Crippen LogP contribution is -2.56. The topological polar surface area (TPSA) is 140 Å². The number of alkyl carbamates (subject to hydrolysis) is 1. The van der Waals surface area contributed by atoms with E-state index >= 15 is 0 Å². The number of benzene rings is 1. The van der Waals surface area contributed by atoms with Crippen molar-refractivity contribution < 1.29 is 33.1 Å². The number of rotatable bonds is 8. The Hall–Kier alpha value is -3.87. The van der Waals surface area contributed by atoms with Gasteiger partial charge >= 0.3 is 18.2 Å². The van der Waals surface area contributed by atoms with Crippen LogP contribution in [0.2, 0.25) is 0 Å². The van der Waals surface area contributed by atoms with Crippen LogP contribution in [0.1, 0.15) is 90.6 Å². The third-order valence-corrected chi connectivity index (χ3v) is 7.51. The number of piperidine rings is 1. The van der Waals surface area contributed by atoms with Gasteiger partial charge in [-0.3, -0.25) is 9.74 Å². The molecule has 13 heteroatoms. The molecule has 234 valence electrons. The average Bonchev–Trinajstić information content (AvgIpc) is 3.45. The van der Waals surface area contributed by atoms with Crippen molar-refractivity contribution in [2.75, 3.05) is 6.54 Å². The summed E-state index contributed by atoms with van der Waals surface area (Å²) in [5, 5.41) is 12.8. The van der Waals surface area contributed by atoms with E-state index in [1.54, 1.807) is 51.3 Å². The van der Waals surface area contributed by atoms with Gasteiger partial charge in [-0.25, -0.2) is 14.4 Å². The Balaban J connectivity index is 1.21. The SMILES string of the molecule is CC(C)(C)OC(=O)NC1CC(N(Cc2nnc(C3CCC4CN3C(=O)N4OCc3ccccc3)o2)C(=O)OC(C)(C)C)C1. The number of urea groups is 1. The molecule has 4 amide bonds. The van der Waals surface area contributed by atoms with Crippen molar-refractivity contribution in [3.05, 3.63) is 47.7 Å². The van der Waals surface area contributed by atoms with Crippen LogP contribution in [0.4, 0.5) is 14.4 Å². The minimum Gasteiger partial charge on any atom is -0.444 e. The minimum atomic E-state index is -0.698. The van der Waals surface area contributed by atoms with Gasteiger partial charge in [-0.05, 0) is 72.8 Å². The maximum Gasteiger partial charge on any atom is 0.411 e. The highest BCUT2D eigenvalue weighted by atomic mass is 16.7. The van der Waals surface area contributed by atoms with E-state index in [1.165, 1.54) is 5.06 Å². The molecule has 3 aliphatic rings. The third kappa shape index (κ3) is 7.56. The Morgan fingerprint density at radius 2 is 1.72 bits per heavy atom. The van der Waals surface area contributed by atoms with Gasteiger partial charge in [0, 0.05) is 18.6 Å². The first kappa shape index (κ1) is 30.6. The lowest BCUT2D eigenvalue weighted by atomic mass is 9.85. The number of hydrogen-bond donors (Lipinski definition) is 1. The van der Waals surface area contributed by atoms with Crippen LogP contribution >= 0.6 is 0 Å². The van der Waals surface area contributed by atoms with Crippen molar-refractivity contribution in [3.63, 3.8) is 0 Å². The fourth-order valence-electron chi connectivity index (χ4n) is 5.48. The molecule has 5 rings (SSSR count). The molecule has 2 saturated heterocycles. The van der Waals surface area contributed by atoms with E-state index in [1.807, 2.05) is 30.3 Å². The monoisotopic (exact) mass is 598 g/mol. The summed E-state index contributed by atoms with van der Waals surface area (Å²) in [7, 11) is 0. The molecule has 1 saturated carbocycles. The van der Waals surface area contributed by atoms with Gasteiger partial charge in [0.05, 0.1) is 6.04 Å². The molecule has 2 aliphatic heterocycles. The van der Waals surface area contributed by atoms with Crippen molar-refractivity contribution in [2.45, 2.75) is 116 Å². The van der Waals surface area contributed by atoms with Gasteiger partial charge in [-0.2, -0.15) is 5.06 Å². The highest BCUT2D eigenvalue weighted by Crippen LogP contribution is 2.38. The van der Waals surface area contributed by atoms with E-state index in [0.717, 1.165) is 12.0 Å². The molecular weight excluding hydrogens is 556 g/mol. The zero-order valence-electron chi connectivity index (χ0n) is 25.7. The maximum absolute atomic E-state index is 13.2. The number of amides is 4. The lowest BCUT2D eigenvalue weighted by molar-refractivity contribution is -0.140. The minimum absolute atomic E-state index is 0.0430. The summed E-state index contributed by atoms with van der Waals surface area (Å²) in [5.41, 5.74) is -0.313. The summed E-state index contributed by atoms with van der Waals surface area (Å²) in [4.78, 5) is 47.8. The van der Waals surface area contributed by atoms with Gasteiger partial charge in [-0.15, -0.1) is 10.2 Å². The van der Waals surface area contributed by atoms with Crippen LogP contribution in [-0.4, -0.2) is 79.2 Å². The third-order valence-electron chi connectivity index (χ3n) is 7.51. The van der Waals surface area contributed by atoms with E-state index in [9.17, 15) is 14.4 Å². The normalized spacial score (nSPS) is 23.5. The van der Waals surface area contributed by atoms with Crippen molar-refractivity contribution >= 4 is 18.2 Å². The van der Waals surface area contributed by atoms with Crippen molar-refractivity contribution in [2.24, 2.45) is 0 Å². The van der Waals surface area contributed by atoms with Gasteiger partial charge in [0.25, 0.3) is 0 Å². The fraction of sp³-hybridized carbons (Fsp3) is 0.633. The molecule has 2 aromatic rings. The molecule has 3 fully saturated rings. The zero-order valence-corrected chi connectivity index (χ0v) is 25.7. The Labute approximate surface area is 251 Å². The van der Waals surface area contributed by atoms with Crippen LogP contribution in [0, 0.1) is 0 Å². The summed E-state index contributed by atoms with van der Waals surface area (Å²) < 4.78 is 17.1. The number of carbonyl (C=O) groups excluding carboxylic acids is 3. The summed E-state index contributed by atoms with van der Waals surface area (Å²) in [6.07, 6.45) is 1.46. The van der Waals surface area contributed by atoms with Crippen LogP contribution in [-0.2, 0) is 27.5 Å². The molecule has 2 bridgehead atoms. The summed E-state index contributed by atoms with van der Waals surface area (Å²) in [6, 6.07) is 8.74. The van der Waals surface area contributed by atoms with E-state index < -0.39 is 23.4 Å². The van der Waals surface area contributed by atoms with Gasteiger partial charge in [0.2, 0.25) is 11.8 Å². The molecule has 0 radical (unpaired) electrons. The molecule has 1 aliphatic carbocycles. The van der Waals surface area contributed by atoms with Crippen LogP contribution in [0.25, 0.3) is 0 Å². The zero-order chi connectivity index (χ0) is 30.9. The molecule has 1 N–H and O–H groups in total. The number of carbonyl (C=O) groups is 3. The predicted molar refractivity (Wildman–Crippen MR) is 153 cm³/mol. The first-order chi connectivity index (χ1) is 20.3. The quantitative estimate of drug-likeness (QED) is 0.448. The molecule has 13 nitrogen and oxygen atoms in total. The van der Waals surface area contributed by atoms with Crippen molar-refractivity contribution in [3.8, 4) is 0 Å². The van der Waals surface area contributed by atoms with Crippen molar-refractivity contribution in [1.82, 2.24) is 30.4 Å². The molecule has 43 heavy (non-hydrogen) atoms. The Kier molecular flexibility index (Phi) is 8.55. The fourth-order valence-corrected chi connectivity index (χ4v) is 5.48. The Morgan fingerprint density at radius 3 is 2.40 bits per heavy atom. The number of aromatic nitrogens is 2. The lowest BCUT2D eigenvalue weighted by Gasteiger charge is -2.42. The average molecular weight is 599 g/mol. The molecule has 2 atom stereocenters. The number of nitrogens with zero attached hydrogens (tertiary/aromatic N) is 5. The highest BCUT2D eigenvalue weighted by molar-refractivity contribution is 5.77. The first-order valence-electron chi connectivity index (χ1n) is 14.8. The second-order valence-electron chi connectivity index (χ2n) is 13.4. The molecule has 0 spiro atoms. The van der Waals surface area contributed by atoms with E-state index in [4.69, 9.17) is 18.7 Å². The van der Waals surface area contributed by atoms with Crippen molar-refractivity contribution in [1.29, 1.82) is 0 Å². The van der Waals surface area contributed by atoms with E-state index in [-0.39, 0.29) is 42.6 Å². The van der Waals surface area contributed by atoms with E-state index in [0.29, 0.717) is 38.3 Å². The largest absolute Gasteiger partial charge is 0.444 e. The van der Waals surface area contributed by atoms with Crippen LogP contribution in [0.3, 0.4) is 0 Å². The molecule has 3 heterocycles. The number of hydroxylamine groups is 2. The Bertz CT molecular complexity index is 1300. The van der Waals surface area contributed by atoms with Gasteiger partial charge in [-0.1, -0.05) is 30.3 Å². The summed E-state index contributed by atoms with van der Waals surface area (Å²) >= 11 is 0. The highest BCUT2D eigenvalue weighted by Gasteiger charge is 2.48. The second-order valence-corrected chi connectivity index (χ2v) is 13.4. The predicted octanol–water partition coefficient (Wildman–Crippen LogP) is 4.94. The number of ether oxygens (including phenoxy) is 2. The molecule has 1 aromatic heterocycles. The van der Waals surface area contributed by atoms with Gasteiger partial charge < -0.3 is 24.1 Å². The molecule has 2 unspecified atom stereocenters. The number of nitrogens with one attached hydrogen (secondary N) is 1. The van der Waals surface area contributed by atoms with Crippen LogP contribution in [0.5, 0.6) is 0 Å². The Morgan fingerprint density at radius 1 is 1.02 bits per heavy atom. The summed E-state index contributed by atoms with van der Waals surface area (Å²) in [6.45, 7) is 11.7. The number of hydrogen-bond acceptors (Lipinski definition) is 9. The number of fused-ring (bicyclic) bond motifs is 2. The first-order valence-corrected chi connectivity index (χ1v) is 14.8. The van der Waals surface area contributed by atoms with Gasteiger partial charge in [0.15, 0.2) is 0 Å². The smallest absolute Gasteiger partial charge is 0.411 e. The van der Waals surface area contributed by atoms with E-state index in [2.05, 4.69) is 15.5 Å². The molecule has 1 aromatic carbocycles. The summed E-state index contributed by atoms with van der Waals surface area (Å²) in [5.74, 6) is 0.573. The standard InChI is InChI=1S/C30H42N6O7/c1-29(2,3)42-26(37)31-20-14-22(15-20)34(28(39)43-30(4,5)6)17-24-32-33-25(41-24)23-13-12-21-16-35(23)27(38)36(21)40-18-19-10-8-7-9-11-19/h7-11,20-23H,12-18H2,1-6H3,(H,31,37). The van der Waals surface area contributed by atoms with Gasteiger partial charge in [0.1, 0.15) is 30.4 Å². The van der Waals surface area contributed by atoms with Crippen LogP contribution in [0.15, 0.2) is 34.7 Å². The maximum atomic E-state index is 13.2.